The molecular weight excluding hydrogens is 342 g/mol. The summed E-state index contributed by atoms with van der Waals surface area (Å²) in [6.45, 7) is 0.400. The third-order valence-corrected chi connectivity index (χ3v) is 4.40. The fourth-order valence-electron chi connectivity index (χ4n) is 2.91. The Morgan fingerprint density at radius 2 is 1.89 bits per heavy atom. The Labute approximate surface area is 157 Å². The van der Waals surface area contributed by atoms with E-state index in [0.717, 1.165) is 12.8 Å². The van der Waals surface area contributed by atoms with Crippen LogP contribution in [0.5, 0.6) is 0 Å². The number of rotatable bonds is 7. The Bertz CT molecular complexity index is 863. The highest BCUT2D eigenvalue weighted by atomic mass is 16.4. The van der Waals surface area contributed by atoms with Crippen LogP contribution in [-0.4, -0.2) is 28.5 Å². The summed E-state index contributed by atoms with van der Waals surface area (Å²) >= 11 is 0. The van der Waals surface area contributed by atoms with Gasteiger partial charge in [-0.25, -0.2) is 0 Å². The number of nitrogens with zero attached hydrogens (tertiary/aromatic N) is 1. The van der Waals surface area contributed by atoms with Gasteiger partial charge in [0.2, 0.25) is 5.91 Å². The molecule has 0 aliphatic carbocycles. The van der Waals surface area contributed by atoms with Crippen molar-refractivity contribution in [1.29, 1.82) is 0 Å². The molecule has 138 valence electrons. The number of pyridine rings is 1. The van der Waals surface area contributed by atoms with Crippen molar-refractivity contribution in [3.63, 3.8) is 0 Å². The monoisotopic (exact) mass is 363 g/mol. The maximum atomic E-state index is 12.7. The van der Waals surface area contributed by atoms with Gasteiger partial charge in [-0.3, -0.25) is 14.6 Å². The maximum Gasteiger partial charge on any atom is 0.327 e. The van der Waals surface area contributed by atoms with Crippen molar-refractivity contribution < 1.29 is 14.7 Å². The number of dihydropyridines is 1. The van der Waals surface area contributed by atoms with Gasteiger partial charge in [0.1, 0.15) is 0 Å². The van der Waals surface area contributed by atoms with E-state index in [9.17, 15) is 14.7 Å². The smallest absolute Gasteiger partial charge is 0.327 e. The van der Waals surface area contributed by atoms with Gasteiger partial charge in [0.05, 0.1) is 11.4 Å². The van der Waals surface area contributed by atoms with E-state index in [1.807, 2.05) is 30.3 Å². The Kier molecular flexibility index (Phi) is 5.66. The van der Waals surface area contributed by atoms with Gasteiger partial charge in [-0.1, -0.05) is 36.4 Å². The van der Waals surface area contributed by atoms with Crippen molar-refractivity contribution in [2.75, 3.05) is 6.54 Å². The molecule has 1 aliphatic heterocycles. The van der Waals surface area contributed by atoms with Crippen molar-refractivity contribution in [2.45, 2.75) is 12.8 Å². The third-order valence-electron chi connectivity index (χ3n) is 4.40. The first-order chi connectivity index (χ1) is 13.1. The molecule has 1 aromatic carbocycles. The van der Waals surface area contributed by atoms with Gasteiger partial charge in [-0.15, -0.1) is 0 Å². The molecule has 3 N–H and O–H groups in total. The van der Waals surface area contributed by atoms with E-state index in [1.165, 1.54) is 23.9 Å². The van der Waals surface area contributed by atoms with E-state index in [1.54, 1.807) is 24.4 Å². The summed E-state index contributed by atoms with van der Waals surface area (Å²) in [7, 11) is 0. The van der Waals surface area contributed by atoms with E-state index in [4.69, 9.17) is 0 Å². The van der Waals surface area contributed by atoms with Gasteiger partial charge >= 0.3 is 5.97 Å². The van der Waals surface area contributed by atoms with Gasteiger partial charge in [0, 0.05) is 12.7 Å². The quantitative estimate of drug-likeness (QED) is 0.519. The highest BCUT2D eigenvalue weighted by Crippen LogP contribution is 2.29. The van der Waals surface area contributed by atoms with Crippen LogP contribution < -0.4 is 10.6 Å². The minimum atomic E-state index is -1.76. The van der Waals surface area contributed by atoms with Crippen LogP contribution in [0, 0.1) is 5.41 Å². The van der Waals surface area contributed by atoms with Crippen molar-refractivity contribution >= 4 is 17.6 Å². The predicted molar refractivity (Wildman–Crippen MR) is 102 cm³/mol. The number of hydrogen-bond acceptors (Lipinski definition) is 4. The zero-order chi connectivity index (χ0) is 19.1. The summed E-state index contributed by atoms with van der Waals surface area (Å²) in [5.74, 6) is -1.79. The SMILES string of the molecule is O=C(O)C1(C(=O)NCCCc2ccccc2)C=CNC(c2ccccn2)=C1. The van der Waals surface area contributed by atoms with Gasteiger partial charge < -0.3 is 15.7 Å². The molecule has 3 rings (SSSR count). The standard InChI is InChI=1S/C21H21N3O3/c25-19(24-13-6-9-16-7-2-1-3-8-16)21(20(26)27)11-14-23-18(15-21)17-10-4-5-12-22-17/h1-5,7-8,10-12,14-15,23H,6,9,13H2,(H,24,25)(H,26,27). The molecule has 6 nitrogen and oxygen atoms in total. The molecule has 1 atom stereocenters. The molecule has 2 aromatic rings. The minimum absolute atomic E-state index is 0.400. The lowest BCUT2D eigenvalue weighted by atomic mass is 9.83. The number of amides is 1. The average Bonchev–Trinajstić information content (AvgIpc) is 2.72. The van der Waals surface area contributed by atoms with Crippen LogP contribution in [0.3, 0.4) is 0 Å². The lowest BCUT2D eigenvalue weighted by Gasteiger charge is -2.26. The van der Waals surface area contributed by atoms with E-state index in [2.05, 4.69) is 15.6 Å². The van der Waals surface area contributed by atoms with Crippen molar-refractivity contribution in [2.24, 2.45) is 5.41 Å². The first kappa shape index (κ1) is 18.4. The number of aryl methyl sites for hydroxylation is 1. The lowest BCUT2D eigenvalue weighted by molar-refractivity contribution is -0.149. The molecule has 0 bridgehead atoms. The first-order valence-electron chi connectivity index (χ1n) is 8.76. The Hall–Kier alpha value is -3.41. The van der Waals surface area contributed by atoms with Gasteiger partial charge in [-0.05, 0) is 48.9 Å². The number of nitrogens with one attached hydrogen (secondary N) is 2. The van der Waals surface area contributed by atoms with E-state index >= 15 is 0 Å². The number of aromatic nitrogens is 1. The van der Waals surface area contributed by atoms with Crippen LogP contribution in [0.2, 0.25) is 0 Å². The number of carboxylic acid groups (broad SMARTS) is 1. The molecule has 0 fully saturated rings. The summed E-state index contributed by atoms with van der Waals surface area (Å²) in [5, 5.41) is 15.5. The fourth-order valence-corrected chi connectivity index (χ4v) is 2.91. The molecule has 0 radical (unpaired) electrons. The lowest BCUT2D eigenvalue weighted by Crippen LogP contribution is -2.46. The summed E-state index contributed by atoms with van der Waals surface area (Å²) in [5.41, 5.74) is 0.480. The second kappa shape index (κ2) is 8.31. The molecular formula is C21H21N3O3. The summed E-state index contributed by atoms with van der Waals surface area (Å²) in [4.78, 5) is 28.9. The Morgan fingerprint density at radius 3 is 2.59 bits per heavy atom. The first-order valence-corrected chi connectivity index (χ1v) is 8.76. The third kappa shape index (κ3) is 4.23. The van der Waals surface area contributed by atoms with E-state index < -0.39 is 17.3 Å². The van der Waals surface area contributed by atoms with Crippen LogP contribution in [0.4, 0.5) is 0 Å². The van der Waals surface area contributed by atoms with Gasteiger partial charge in [0.25, 0.3) is 0 Å². The summed E-state index contributed by atoms with van der Waals surface area (Å²) in [6, 6.07) is 15.3. The normalized spacial score (nSPS) is 18.3. The maximum absolute atomic E-state index is 12.7. The largest absolute Gasteiger partial charge is 0.480 e. The topological polar surface area (TPSA) is 91.3 Å². The molecule has 1 aliphatic rings. The second-order valence-electron chi connectivity index (χ2n) is 6.27. The molecule has 2 heterocycles. The number of carboxylic acids is 1. The average molecular weight is 363 g/mol. The van der Waals surface area contributed by atoms with Crippen LogP contribution in [0.25, 0.3) is 5.70 Å². The zero-order valence-corrected chi connectivity index (χ0v) is 14.8. The van der Waals surface area contributed by atoms with Crippen LogP contribution in [-0.2, 0) is 16.0 Å². The number of aliphatic carboxylic acids is 1. The zero-order valence-electron chi connectivity index (χ0n) is 14.8. The second-order valence-corrected chi connectivity index (χ2v) is 6.27. The van der Waals surface area contributed by atoms with Crippen LogP contribution >= 0.6 is 0 Å². The summed E-state index contributed by atoms with van der Waals surface area (Å²) in [6.07, 6.45) is 7.39. The molecule has 27 heavy (non-hydrogen) atoms. The molecule has 0 spiro atoms. The van der Waals surface area contributed by atoms with Gasteiger partial charge in [-0.2, -0.15) is 0 Å². The van der Waals surface area contributed by atoms with Crippen molar-refractivity contribution in [3.05, 3.63) is 84.3 Å². The van der Waals surface area contributed by atoms with Crippen LogP contribution in [0.15, 0.2) is 73.1 Å². The highest BCUT2D eigenvalue weighted by Gasteiger charge is 2.43. The molecule has 0 saturated carbocycles. The molecule has 6 heteroatoms. The summed E-state index contributed by atoms with van der Waals surface area (Å²) < 4.78 is 0. The number of benzene rings is 1. The minimum Gasteiger partial charge on any atom is -0.480 e. The van der Waals surface area contributed by atoms with Crippen molar-refractivity contribution in [3.8, 4) is 0 Å². The number of hydrogen-bond donors (Lipinski definition) is 3. The number of carbonyl (C=O) groups excluding carboxylic acids is 1. The highest BCUT2D eigenvalue weighted by molar-refractivity contribution is 6.07. The van der Waals surface area contributed by atoms with Crippen molar-refractivity contribution in [1.82, 2.24) is 15.6 Å². The molecule has 1 amide bonds. The van der Waals surface area contributed by atoms with Crippen LogP contribution in [0.1, 0.15) is 17.7 Å². The Balaban J connectivity index is 1.69. The van der Waals surface area contributed by atoms with E-state index in [0.29, 0.717) is 17.9 Å². The predicted octanol–water partition coefficient (Wildman–Crippen LogP) is 2.36. The number of carbonyl (C=O) groups is 2. The molecule has 1 aromatic heterocycles. The molecule has 0 saturated heterocycles. The Morgan fingerprint density at radius 1 is 1.11 bits per heavy atom. The van der Waals surface area contributed by atoms with E-state index in [-0.39, 0.29) is 0 Å². The fraction of sp³-hybridized carbons (Fsp3) is 0.190. The molecule has 1 unspecified atom stereocenters. The van der Waals surface area contributed by atoms with Gasteiger partial charge in [0.15, 0.2) is 5.41 Å².